The molecule has 6 nitrogen and oxygen atoms in total. The number of nitrogens with zero attached hydrogens (tertiary/aromatic N) is 2. The lowest BCUT2D eigenvalue weighted by Gasteiger charge is -2.25. The maximum Gasteiger partial charge on any atom is 0.305 e. The van der Waals surface area contributed by atoms with Gasteiger partial charge in [-0.3, -0.25) is 9.59 Å². The van der Waals surface area contributed by atoms with Crippen molar-refractivity contribution in [2.45, 2.75) is 32.9 Å². The van der Waals surface area contributed by atoms with Crippen LogP contribution in [0.25, 0.3) is 0 Å². The highest BCUT2D eigenvalue weighted by molar-refractivity contribution is 7.09. The summed E-state index contributed by atoms with van der Waals surface area (Å²) in [5.74, 6) is -1.17. The van der Waals surface area contributed by atoms with Gasteiger partial charge in [-0.25, -0.2) is 4.98 Å². The summed E-state index contributed by atoms with van der Waals surface area (Å²) in [6, 6.07) is -0.0696. The number of nitrogens with two attached hydrogens (primary N) is 1. The molecule has 0 aliphatic rings. The third kappa shape index (κ3) is 3.78. The number of carboxylic acids is 1. The summed E-state index contributed by atoms with van der Waals surface area (Å²) in [5, 5.41) is 11.0. The van der Waals surface area contributed by atoms with Crippen LogP contribution in [0, 0.1) is 0 Å². The lowest BCUT2D eigenvalue weighted by atomic mass is 10.2. The fraction of sp³-hybridized carbons (Fsp3) is 0.545. The van der Waals surface area contributed by atoms with Crippen LogP contribution in [0.3, 0.4) is 0 Å². The summed E-state index contributed by atoms with van der Waals surface area (Å²) >= 11 is 1.33. The third-order valence-electron chi connectivity index (χ3n) is 2.40. The molecule has 0 radical (unpaired) electrons. The van der Waals surface area contributed by atoms with Crippen LogP contribution in [0.15, 0.2) is 5.38 Å². The van der Waals surface area contributed by atoms with Crippen molar-refractivity contribution >= 4 is 23.2 Å². The summed E-state index contributed by atoms with van der Waals surface area (Å²) < 4.78 is 0. The minimum Gasteiger partial charge on any atom is -0.481 e. The second-order valence-corrected chi connectivity index (χ2v) is 5.01. The van der Waals surface area contributed by atoms with E-state index in [1.165, 1.54) is 16.2 Å². The third-order valence-corrected chi connectivity index (χ3v) is 3.27. The Kier molecular flexibility index (Phi) is 5.24. The van der Waals surface area contributed by atoms with E-state index in [2.05, 4.69) is 4.98 Å². The van der Waals surface area contributed by atoms with Gasteiger partial charge in [0.2, 0.25) is 0 Å². The van der Waals surface area contributed by atoms with Crippen LogP contribution in [0.5, 0.6) is 0 Å². The van der Waals surface area contributed by atoms with Crippen LogP contribution < -0.4 is 5.73 Å². The Morgan fingerprint density at radius 1 is 1.56 bits per heavy atom. The van der Waals surface area contributed by atoms with Crippen molar-refractivity contribution in [3.63, 3.8) is 0 Å². The van der Waals surface area contributed by atoms with E-state index >= 15 is 0 Å². The van der Waals surface area contributed by atoms with Gasteiger partial charge in [0, 0.05) is 24.5 Å². The van der Waals surface area contributed by atoms with Gasteiger partial charge in [-0.2, -0.15) is 0 Å². The van der Waals surface area contributed by atoms with Crippen molar-refractivity contribution in [1.82, 2.24) is 9.88 Å². The van der Waals surface area contributed by atoms with Crippen LogP contribution in [0.2, 0.25) is 0 Å². The van der Waals surface area contributed by atoms with E-state index in [0.717, 1.165) is 0 Å². The van der Waals surface area contributed by atoms with Gasteiger partial charge in [-0.05, 0) is 13.8 Å². The van der Waals surface area contributed by atoms with Crippen LogP contribution in [0.4, 0.5) is 0 Å². The molecular weight excluding hydrogens is 254 g/mol. The SMILES string of the molecule is CC(C)N(CCC(=O)O)C(=O)c1csc(CN)n1. The van der Waals surface area contributed by atoms with Crippen LogP contribution in [0.1, 0.15) is 35.8 Å². The Bertz CT molecular complexity index is 431. The van der Waals surface area contributed by atoms with Crippen LogP contribution >= 0.6 is 11.3 Å². The van der Waals surface area contributed by atoms with Gasteiger partial charge in [0.05, 0.1) is 6.42 Å². The molecule has 18 heavy (non-hydrogen) atoms. The summed E-state index contributed by atoms with van der Waals surface area (Å²) in [4.78, 5) is 28.3. The highest BCUT2D eigenvalue weighted by Crippen LogP contribution is 2.13. The number of carboxylic acid groups (broad SMARTS) is 1. The smallest absolute Gasteiger partial charge is 0.305 e. The molecule has 3 N–H and O–H groups in total. The summed E-state index contributed by atoms with van der Waals surface area (Å²) in [6.07, 6.45) is -0.0716. The number of rotatable bonds is 6. The number of hydrogen-bond acceptors (Lipinski definition) is 5. The van der Waals surface area contributed by atoms with E-state index in [1.54, 1.807) is 5.38 Å². The molecule has 0 aliphatic heterocycles. The van der Waals surface area contributed by atoms with E-state index in [-0.39, 0.29) is 24.9 Å². The molecule has 0 saturated carbocycles. The predicted molar refractivity (Wildman–Crippen MR) is 68.4 cm³/mol. The number of hydrogen-bond donors (Lipinski definition) is 2. The second kappa shape index (κ2) is 6.46. The fourth-order valence-corrected chi connectivity index (χ4v) is 2.11. The number of carbonyl (C=O) groups excluding carboxylic acids is 1. The minimum atomic E-state index is -0.922. The molecule has 1 aromatic rings. The largest absolute Gasteiger partial charge is 0.481 e. The molecule has 1 aromatic heterocycles. The van der Waals surface area contributed by atoms with Crippen molar-refractivity contribution in [2.24, 2.45) is 5.73 Å². The Morgan fingerprint density at radius 3 is 2.67 bits per heavy atom. The normalized spacial score (nSPS) is 10.7. The molecule has 0 aliphatic carbocycles. The molecule has 1 rings (SSSR count). The van der Waals surface area contributed by atoms with E-state index in [0.29, 0.717) is 17.2 Å². The molecule has 0 fully saturated rings. The average Bonchev–Trinajstić information content (AvgIpc) is 2.76. The van der Waals surface area contributed by atoms with Gasteiger partial charge in [0.1, 0.15) is 10.7 Å². The van der Waals surface area contributed by atoms with Crippen LogP contribution in [-0.4, -0.2) is 39.5 Å². The van der Waals surface area contributed by atoms with Gasteiger partial charge in [-0.15, -0.1) is 11.3 Å². The molecule has 7 heteroatoms. The molecule has 1 heterocycles. The first kappa shape index (κ1) is 14.6. The summed E-state index contributed by atoms with van der Waals surface area (Å²) in [5.41, 5.74) is 5.78. The summed E-state index contributed by atoms with van der Waals surface area (Å²) in [7, 11) is 0. The first-order valence-corrected chi connectivity index (χ1v) is 6.51. The number of carbonyl (C=O) groups is 2. The molecule has 1 amide bonds. The fourth-order valence-electron chi connectivity index (χ4n) is 1.46. The van der Waals surface area contributed by atoms with Gasteiger partial charge in [0.25, 0.3) is 5.91 Å². The number of amides is 1. The highest BCUT2D eigenvalue weighted by atomic mass is 32.1. The van der Waals surface area contributed by atoms with E-state index in [1.807, 2.05) is 13.8 Å². The molecule has 0 saturated heterocycles. The monoisotopic (exact) mass is 271 g/mol. The van der Waals surface area contributed by atoms with Crippen molar-refractivity contribution in [3.05, 3.63) is 16.1 Å². The number of aliphatic carboxylic acids is 1. The van der Waals surface area contributed by atoms with E-state index in [4.69, 9.17) is 10.8 Å². The zero-order valence-electron chi connectivity index (χ0n) is 10.4. The predicted octanol–water partition coefficient (Wildman–Crippen LogP) is 0.927. The topological polar surface area (TPSA) is 96.5 Å². The highest BCUT2D eigenvalue weighted by Gasteiger charge is 2.21. The minimum absolute atomic E-state index is 0.0696. The molecule has 0 aromatic carbocycles. The number of aromatic nitrogens is 1. The first-order chi connectivity index (χ1) is 8.45. The van der Waals surface area contributed by atoms with Gasteiger partial charge >= 0.3 is 5.97 Å². The standard InChI is InChI=1S/C11H17N3O3S/c1-7(2)14(4-3-10(15)16)11(17)8-6-18-9(5-12)13-8/h6-7H,3-5,12H2,1-2H3,(H,15,16). The van der Waals surface area contributed by atoms with Crippen LogP contribution in [-0.2, 0) is 11.3 Å². The Labute approximate surface area is 109 Å². The van der Waals surface area contributed by atoms with Crippen molar-refractivity contribution in [3.8, 4) is 0 Å². The molecule has 0 spiro atoms. The molecule has 100 valence electrons. The Morgan fingerprint density at radius 2 is 2.22 bits per heavy atom. The zero-order chi connectivity index (χ0) is 13.7. The lowest BCUT2D eigenvalue weighted by molar-refractivity contribution is -0.137. The number of thiazole rings is 1. The molecule has 0 unspecified atom stereocenters. The van der Waals surface area contributed by atoms with Gasteiger partial charge < -0.3 is 15.7 Å². The molecule has 0 bridgehead atoms. The van der Waals surface area contributed by atoms with Crippen molar-refractivity contribution < 1.29 is 14.7 Å². The van der Waals surface area contributed by atoms with Gasteiger partial charge in [0.15, 0.2) is 0 Å². The lowest BCUT2D eigenvalue weighted by Crippen LogP contribution is -2.38. The Hall–Kier alpha value is -1.47. The first-order valence-electron chi connectivity index (χ1n) is 5.63. The van der Waals surface area contributed by atoms with Crippen molar-refractivity contribution in [2.75, 3.05) is 6.54 Å². The van der Waals surface area contributed by atoms with E-state index in [9.17, 15) is 9.59 Å². The zero-order valence-corrected chi connectivity index (χ0v) is 11.2. The summed E-state index contributed by atoms with van der Waals surface area (Å²) in [6.45, 7) is 4.17. The van der Waals surface area contributed by atoms with Crippen molar-refractivity contribution in [1.29, 1.82) is 0 Å². The second-order valence-electron chi connectivity index (χ2n) is 4.07. The maximum absolute atomic E-state index is 12.2. The van der Waals surface area contributed by atoms with Gasteiger partial charge in [-0.1, -0.05) is 0 Å². The van der Waals surface area contributed by atoms with E-state index < -0.39 is 5.97 Å². The maximum atomic E-state index is 12.2. The molecular formula is C11H17N3O3S. The quantitative estimate of drug-likeness (QED) is 0.802. The Balaban J connectivity index is 2.78. The average molecular weight is 271 g/mol. The molecule has 0 atom stereocenters.